The second kappa shape index (κ2) is 3.98. The summed E-state index contributed by atoms with van der Waals surface area (Å²) in [6, 6.07) is 0. The number of carbonyl (C=O) groups excluding carboxylic acids is 2. The normalized spacial score (nSPS) is 34.1. The van der Waals surface area contributed by atoms with Gasteiger partial charge in [-0.2, -0.15) is 0 Å². The summed E-state index contributed by atoms with van der Waals surface area (Å²) >= 11 is 0. The number of carbonyl (C=O) groups is 1. The Balaban J connectivity index is 1.75. The minimum atomic E-state index is -0.453. The molecule has 0 saturated heterocycles. The molecule has 0 heterocycles. The molecule has 3 atom stereocenters. The fourth-order valence-corrected chi connectivity index (χ4v) is 2.62. The van der Waals surface area contributed by atoms with E-state index in [9.17, 15) is 9.59 Å². The third kappa shape index (κ3) is 1.89. The van der Waals surface area contributed by atoms with Crippen LogP contribution in [0.25, 0.3) is 0 Å². The number of hydrogen-bond acceptors (Lipinski definition) is 4. The van der Waals surface area contributed by atoms with Crippen molar-refractivity contribution in [3.05, 3.63) is 0 Å². The van der Waals surface area contributed by atoms with E-state index in [2.05, 4.69) is 4.74 Å². The minimum absolute atomic E-state index is 0.0662. The number of fused-ring (bicyclic) bond motifs is 2. The summed E-state index contributed by atoms with van der Waals surface area (Å²) in [7, 11) is 0. The molecule has 2 fully saturated rings. The third-order valence-corrected chi connectivity index (χ3v) is 3.20. The summed E-state index contributed by atoms with van der Waals surface area (Å²) in [5, 5.41) is 0. The summed E-state index contributed by atoms with van der Waals surface area (Å²) in [6.45, 7) is 0.898. The van der Waals surface area contributed by atoms with Gasteiger partial charge in [-0.1, -0.05) is 0 Å². The van der Waals surface area contributed by atoms with Crippen LogP contribution in [-0.2, 0) is 19.1 Å². The SMILES string of the molecule is O=[C]OCC(=O)OC1CC2CCC1C2. The Bertz CT molecular complexity index is 238. The zero-order valence-corrected chi connectivity index (χ0v) is 7.90. The van der Waals surface area contributed by atoms with E-state index in [1.807, 2.05) is 0 Å². The van der Waals surface area contributed by atoms with Crippen molar-refractivity contribution in [2.45, 2.75) is 31.8 Å². The van der Waals surface area contributed by atoms with E-state index in [0.717, 1.165) is 12.3 Å². The Hall–Kier alpha value is -1.06. The molecule has 0 amide bonds. The molecule has 0 aromatic rings. The standard InChI is InChI=1S/C10H13O4/c11-6-13-5-10(12)14-9-4-7-1-2-8(9)3-7/h7-9H,1-5H2. The predicted molar refractivity (Wildman–Crippen MR) is 47.0 cm³/mol. The van der Waals surface area contributed by atoms with Gasteiger partial charge in [-0.15, -0.1) is 0 Å². The van der Waals surface area contributed by atoms with Crippen molar-refractivity contribution in [2.75, 3.05) is 6.61 Å². The van der Waals surface area contributed by atoms with Crippen molar-refractivity contribution >= 4 is 12.4 Å². The monoisotopic (exact) mass is 197 g/mol. The first-order chi connectivity index (χ1) is 6.79. The van der Waals surface area contributed by atoms with Gasteiger partial charge in [-0.05, 0) is 37.5 Å². The van der Waals surface area contributed by atoms with Gasteiger partial charge < -0.3 is 9.47 Å². The maximum atomic E-state index is 11.1. The van der Waals surface area contributed by atoms with Crippen LogP contribution in [0.3, 0.4) is 0 Å². The Morgan fingerprint density at radius 2 is 2.21 bits per heavy atom. The lowest BCUT2D eigenvalue weighted by molar-refractivity contribution is -0.154. The Morgan fingerprint density at radius 3 is 2.79 bits per heavy atom. The number of esters is 1. The van der Waals surface area contributed by atoms with Gasteiger partial charge in [0.15, 0.2) is 6.61 Å². The summed E-state index contributed by atoms with van der Waals surface area (Å²) in [5.74, 6) is 0.839. The molecule has 4 heteroatoms. The van der Waals surface area contributed by atoms with Gasteiger partial charge in [0.05, 0.1) is 0 Å². The molecule has 2 aliphatic rings. The van der Waals surface area contributed by atoms with Crippen LogP contribution in [0.4, 0.5) is 0 Å². The first-order valence-electron chi connectivity index (χ1n) is 4.98. The minimum Gasteiger partial charge on any atom is -0.460 e. The molecule has 2 saturated carbocycles. The van der Waals surface area contributed by atoms with Gasteiger partial charge in [0.1, 0.15) is 6.10 Å². The third-order valence-electron chi connectivity index (χ3n) is 3.20. The number of rotatable bonds is 4. The van der Waals surface area contributed by atoms with Crippen LogP contribution in [0.2, 0.25) is 0 Å². The van der Waals surface area contributed by atoms with Gasteiger partial charge in [-0.3, -0.25) is 0 Å². The molecular formula is C10H13O4. The average molecular weight is 197 g/mol. The highest BCUT2D eigenvalue weighted by Crippen LogP contribution is 2.45. The van der Waals surface area contributed by atoms with Crippen molar-refractivity contribution in [2.24, 2.45) is 11.8 Å². The smallest absolute Gasteiger partial charge is 0.418 e. The van der Waals surface area contributed by atoms with Crippen LogP contribution in [-0.4, -0.2) is 25.2 Å². The average Bonchev–Trinajstić information content (AvgIpc) is 2.76. The van der Waals surface area contributed by atoms with Gasteiger partial charge in [-0.25, -0.2) is 9.59 Å². The summed E-state index contributed by atoms with van der Waals surface area (Å²) < 4.78 is 9.41. The van der Waals surface area contributed by atoms with Crippen LogP contribution >= 0.6 is 0 Å². The van der Waals surface area contributed by atoms with E-state index in [-0.39, 0.29) is 12.7 Å². The fraction of sp³-hybridized carbons (Fsp3) is 0.800. The fourth-order valence-electron chi connectivity index (χ4n) is 2.62. The molecular weight excluding hydrogens is 184 g/mol. The predicted octanol–water partition coefficient (Wildman–Crippen LogP) is 0.802. The van der Waals surface area contributed by atoms with Gasteiger partial charge in [0.25, 0.3) is 0 Å². The maximum absolute atomic E-state index is 11.1. The molecule has 77 valence electrons. The maximum Gasteiger partial charge on any atom is 0.418 e. The van der Waals surface area contributed by atoms with E-state index < -0.39 is 5.97 Å². The quantitative estimate of drug-likeness (QED) is 0.625. The second-order valence-corrected chi connectivity index (χ2v) is 4.08. The Morgan fingerprint density at radius 1 is 1.36 bits per heavy atom. The molecule has 2 bridgehead atoms. The molecule has 4 nitrogen and oxygen atoms in total. The van der Waals surface area contributed by atoms with E-state index in [4.69, 9.17) is 4.74 Å². The molecule has 0 aromatic heterocycles. The lowest BCUT2D eigenvalue weighted by atomic mass is 9.98. The molecule has 2 aliphatic carbocycles. The van der Waals surface area contributed by atoms with Crippen molar-refractivity contribution in [3.63, 3.8) is 0 Å². The lowest BCUT2D eigenvalue weighted by Gasteiger charge is -2.21. The Kier molecular flexibility index (Phi) is 2.70. The van der Waals surface area contributed by atoms with Crippen LogP contribution in [0.15, 0.2) is 0 Å². The molecule has 0 aliphatic heterocycles. The largest absolute Gasteiger partial charge is 0.460 e. The highest BCUT2D eigenvalue weighted by molar-refractivity contribution is 5.72. The molecule has 0 N–H and O–H groups in total. The molecule has 3 unspecified atom stereocenters. The molecule has 14 heavy (non-hydrogen) atoms. The van der Waals surface area contributed by atoms with Crippen LogP contribution < -0.4 is 0 Å². The zero-order valence-electron chi connectivity index (χ0n) is 7.90. The number of hydrogen-bond donors (Lipinski definition) is 0. The van der Waals surface area contributed by atoms with Crippen molar-refractivity contribution in [1.29, 1.82) is 0 Å². The molecule has 1 radical (unpaired) electrons. The zero-order chi connectivity index (χ0) is 9.97. The van der Waals surface area contributed by atoms with Crippen LogP contribution in [0.5, 0.6) is 0 Å². The van der Waals surface area contributed by atoms with Gasteiger partial charge in [0.2, 0.25) is 0 Å². The summed E-state index contributed by atoms with van der Waals surface area (Å²) in [6.07, 6.45) is 4.69. The van der Waals surface area contributed by atoms with Crippen molar-refractivity contribution in [1.82, 2.24) is 0 Å². The van der Waals surface area contributed by atoms with Gasteiger partial charge in [0, 0.05) is 0 Å². The van der Waals surface area contributed by atoms with Crippen molar-refractivity contribution < 1.29 is 19.1 Å². The first kappa shape index (κ1) is 9.49. The Labute approximate surface area is 82.6 Å². The summed E-state index contributed by atoms with van der Waals surface area (Å²) in [4.78, 5) is 20.8. The van der Waals surface area contributed by atoms with Crippen LogP contribution in [0, 0.1) is 11.8 Å². The highest BCUT2D eigenvalue weighted by Gasteiger charge is 2.41. The van der Waals surface area contributed by atoms with E-state index in [1.54, 1.807) is 0 Å². The topological polar surface area (TPSA) is 52.6 Å². The van der Waals surface area contributed by atoms with Crippen molar-refractivity contribution in [3.8, 4) is 0 Å². The number of ether oxygens (including phenoxy) is 2. The van der Waals surface area contributed by atoms with E-state index in [0.29, 0.717) is 5.92 Å². The highest BCUT2D eigenvalue weighted by atomic mass is 16.6. The molecule has 0 spiro atoms. The van der Waals surface area contributed by atoms with E-state index >= 15 is 0 Å². The van der Waals surface area contributed by atoms with Crippen LogP contribution in [0.1, 0.15) is 25.7 Å². The lowest BCUT2D eigenvalue weighted by Crippen LogP contribution is -2.26. The molecule has 0 aromatic carbocycles. The van der Waals surface area contributed by atoms with Gasteiger partial charge >= 0.3 is 12.4 Å². The second-order valence-electron chi connectivity index (χ2n) is 4.08. The molecule has 2 rings (SSSR count). The van der Waals surface area contributed by atoms with E-state index in [1.165, 1.54) is 25.7 Å². The summed E-state index contributed by atoms with van der Waals surface area (Å²) in [5.41, 5.74) is 0. The first-order valence-corrected chi connectivity index (χ1v) is 4.98.